The number of rotatable bonds is 0. The zero-order chi connectivity index (χ0) is 8.32. The maximum absolute atomic E-state index is 3.75. The summed E-state index contributed by atoms with van der Waals surface area (Å²) in [4.78, 5) is 0.776. The third-order valence-corrected chi connectivity index (χ3v) is 3.43. The van der Waals surface area contributed by atoms with E-state index in [4.69, 9.17) is 0 Å². The van der Waals surface area contributed by atoms with Gasteiger partial charge in [-0.05, 0) is 24.7 Å². The molecule has 1 atom stereocenters. The third-order valence-electron chi connectivity index (χ3n) is 2.64. The highest BCUT2D eigenvalue weighted by Crippen LogP contribution is 2.35. The quantitative estimate of drug-likeness (QED) is 0.537. The lowest BCUT2D eigenvalue weighted by Crippen LogP contribution is -2.19. The van der Waals surface area contributed by atoms with Gasteiger partial charge in [0, 0.05) is 4.83 Å². The fraction of sp³-hybridized carbons (Fsp3) is 1.00. The molecule has 0 spiro atoms. The Kier molecular flexibility index (Phi) is 3.42. The van der Waals surface area contributed by atoms with Crippen molar-refractivity contribution in [1.82, 2.24) is 0 Å². The van der Waals surface area contributed by atoms with Gasteiger partial charge in [0.25, 0.3) is 0 Å². The fourth-order valence-electron chi connectivity index (χ4n) is 1.95. The summed E-state index contributed by atoms with van der Waals surface area (Å²) in [5, 5.41) is 0. The molecule has 1 unspecified atom stereocenters. The summed E-state index contributed by atoms with van der Waals surface area (Å²) >= 11 is 3.75. The van der Waals surface area contributed by atoms with Crippen molar-refractivity contribution in [3.05, 3.63) is 0 Å². The molecule has 1 rings (SSSR count). The van der Waals surface area contributed by atoms with Gasteiger partial charge in [0.2, 0.25) is 0 Å². The lowest BCUT2D eigenvalue weighted by Gasteiger charge is -2.29. The van der Waals surface area contributed by atoms with Crippen molar-refractivity contribution in [2.75, 3.05) is 0 Å². The van der Waals surface area contributed by atoms with E-state index >= 15 is 0 Å². The third kappa shape index (κ3) is 3.59. The molecular formula is C10H19Br. The van der Waals surface area contributed by atoms with E-state index < -0.39 is 0 Å². The standard InChI is InChI=1S/C10H19Br/c1-10(2)7-5-3-4-6-9(11)8-10/h9H,3-8H2,1-2H3. The van der Waals surface area contributed by atoms with Crippen LogP contribution in [0.15, 0.2) is 0 Å². The maximum atomic E-state index is 3.75. The zero-order valence-electron chi connectivity index (χ0n) is 7.70. The van der Waals surface area contributed by atoms with Crippen LogP contribution in [0, 0.1) is 5.41 Å². The van der Waals surface area contributed by atoms with E-state index in [-0.39, 0.29) is 0 Å². The van der Waals surface area contributed by atoms with E-state index in [9.17, 15) is 0 Å². The summed E-state index contributed by atoms with van der Waals surface area (Å²) in [5.74, 6) is 0. The van der Waals surface area contributed by atoms with Crippen molar-refractivity contribution in [3.63, 3.8) is 0 Å². The zero-order valence-corrected chi connectivity index (χ0v) is 9.28. The molecule has 0 nitrogen and oxygen atoms in total. The normalized spacial score (nSPS) is 32.5. The van der Waals surface area contributed by atoms with Crippen LogP contribution >= 0.6 is 15.9 Å². The highest BCUT2D eigenvalue weighted by Gasteiger charge is 2.22. The Morgan fingerprint density at radius 1 is 1.18 bits per heavy atom. The van der Waals surface area contributed by atoms with Gasteiger partial charge in [0.1, 0.15) is 0 Å². The largest absolute Gasteiger partial charge is 0.0890 e. The van der Waals surface area contributed by atoms with Crippen LogP contribution in [0.25, 0.3) is 0 Å². The molecule has 66 valence electrons. The molecule has 0 saturated heterocycles. The van der Waals surface area contributed by atoms with Crippen LogP contribution in [-0.2, 0) is 0 Å². The highest BCUT2D eigenvalue weighted by molar-refractivity contribution is 9.09. The smallest absolute Gasteiger partial charge is 0.0150 e. The Labute approximate surface area is 78.9 Å². The van der Waals surface area contributed by atoms with Crippen LogP contribution in [0.4, 0.5) is 0 Å². The number of hydrogen-bond donors (Lipinski definition) is 0. The molecule has 1 heteroatoms. The van der Waals surface area contributed by atoms with Crippen LogP contribution in [0.3, 0.4) is 0 Å². The first-order valence-corrected chi connectivity index (χ1v) is 5.66. The number of alkyl halides is 1. The Hall–Kier alpha value is 0.480. The molecule has 1 aliphatic rings. The molecule has 1 fully saturated rings. The first kappa shape index (κ1) is 9.57. The molecule has 0 bridgehead atoms. The summed E-state index contributed by atoms with van der Waals surface area (Å²) in [7, 11) is 0. The summed E-state index contributed by atoms with van der Waals surface area (Å²) in [6.07, 6.45) is 8.44. The van der Waals surface area contributed by atoms with Crippen LogP contribution in [-0.4, -0.2) is 4.83 Å². The predicted molar refractivity (Wildman–Crippen MR) is 54.2 cm³/mol. The lowest BCUT2D eigenvalue weighted by atomic mass is 9.80. The SMILES string of the molecule is CC1(C)CCCCCC(Br)C1. The molecule has 1 saturated carbocycles. The molecule has 0 aromatic carbocycles. The van der Waals surface area contributed by atoms with E-state index in [2.05, 4.69) is 29.8 Å². The van der Waals surface area contributed by atoms with Gasteiger partial charge in [0.15, 0.2) is 0 Å². The van der Waals surface area contributed by atoms with Crippen molar-refractivity contribution >= 4 is 15.9 Å². The van der Waals surface area contributed by atoms with E-state index in [1.807, 2.05) is 0 Å². The summed E-state index contributed by atoms with van der Waals surface area (Å²) in [5.41, 5.74) is 0.578. The summed E-state index contributed by atoms with van der Waals surface area (Å²) in [6, 6.07) is 0. The molecule has 1 aliphatic carbocycles. The highest BCUT2D eigenvalue weighted by atomic mass is 79.9. The summed E-state index contributed by atoms with van der Waals surface area (Å²) < 4.78 is 0. The molecule has 0 aliphatic heterocycles. The Balaban J connectivity index is 2.42. The van der Waals surface area contributed by atoms with Crippen molar-refractivity contribution in [3.8, 4) is 0 Å². The van der Waals surface area contributed by atoms with Crippen molar-refractivity contribution < 1.29 is 0 Å². The minimum atomic E-state index is 0.578. The van der Waals surface area contributed by atoms with Crippen molar-refractivity contribution in [2.45, 2.75) is 57.2 Å². The number of hydrogen-bond acceptors (Lipinski definition) is 0. The molecule has 0 aromatic rings. The average Bonchev–Trinajstić information content (AvgIpc) is 1.82. The van der Waals surface area contributed by atoms with Gasteiger partial charge in [0.05, 0.1) is 0 Å². The Morgan fingerprint density at radius 3 is 2.64 bits per heavy atom. The Morgan fingerprint density at radius 2 is 1.91 bits per heavy atom. The van der Waals surface area contributed by atoms with Gasteiger partial charge in [-0.3, -0.25) is 0 Å². The molecule has 0 radical (unpaired) electrons. The summed E-state index contributed by atoms with van der Waals surface area (Å²) in [6.45, 7) is 4.79. The van der Waals surface area contributed by atoms with Gasteiger partial charge in [-0.25, -0.2) is 0 Å². The molecule has 0 amide bonds. The second-order valence-corrected chi connectivity index (χ2v) is 5.86. The molecular weight excluding hydrogens is 200 g/mol. The van der Waals surface area contributed by atoms with Crippen LogP contribution in [0.5, 0.6) is 0 Å². The maximum Gasteiger partial charge on any atom is 0.0150 e. The van der Waals surface area contributed by atoms with Gasteiger partial charge < -0.3 is 0 Å². The molecule has 0 N–H and O–H groups in total. The van der Waals surface area contributed by atoms with Crippen molar-refractivity contribution in [2.24, 2.45) is 5.41 Å². The first-order valence-electron chi connectivity index (χ1n) is 4.74. The monoisotopic (exact) mass is 218 g/mol. The number of halogens is 1. The lowest BCUT2D eigenvalue weighted by molar-refractivity contribution is 0.273. The average molecular weight is 219 g/mol. The van der Waals surface area contributed by atoms with E-state index in [0.717, 1.165) is 4.83 Å². The van der Waals surface area contributed by atoms with Gasteiger partial charge in [-0.1, -0.05) is 49.0 Å². The fourth-order valence-corrected chi connectivity index (χ4v) is 3.15. The second-order valence-electron chi connectivity index (χ2n) is 4.56. The predicted octanol–water partition coefficient (Wildman–Crippen LogP) is 4.13. The van der Waals surface area contributed by atoms with Crippen LogP contribution < -0.4 is 0 Å². The van der Waals surface area contributed by atoms with E-state index in [1.165, 1.54) is 38.5 Å². The molecule has 0 aromatic heterocycles. The van der Waals surface area contributed by atoms with E-state index in [0.29, 0.717) is 5.41 Å². The van der Waals surface area contributed by atoms with Crippen molar-refractivity contribution in [1.29, 1.82) is 0 Å². The molecule has 0 heterocycles. The van der Waals surface area contributed by atoms with E-state index in [1.54, 1.807) is 0 Å². The minimum absolute atomic E-state index is 0.578. The van der Waals surface area contributed by atoms with Gasteiger partial charge >= 0.3 is 0 Å². The first-order chi connectivity index (χ1) is 5.10. The second kappa shape index (κ2) is 3.93. The minimum Gasteiger partial charge on any atom is -0.0890 e. The van der Waals surface area contributed by atoms with Crippen LogP contribution in [0.1, 0.15) is 52.4 Å². The Bertz CT molecular complexity index is 118. The van der Waals surface area contributed by atoms with Crippen LogP contribution in [0.2, 0.25) is 0 Å². The molecule has 11 heavy (non-hydrogen) atoms. The van der Waals surface area contributed by atoms with Gasteiger partial charge in [-0.15, -0.1) is 0 Å². The topological polar surface area (TPSA) is 0 Å². The van der Waals surface area contributed by atoms with Gasteiger partial charge in [-0.2, -0.15) is 0 Å².